The summed E-state index contributed by atoms with van der Waals surface area (Å²) >= 11 is 12.3. The summed E-state index contributed by atoms with van der Waals surface area (Å²) in [4.78, 5) is 75.4. The van der Waals surface area contributed by atoms with E-state index in [4.69, 9.17) is 42.9 Å². The molecule has 2 aromatic carbocycles. The smallest absolute Gasteiger partial charge is 0.412 e. The summed E-state index contributed by atoms with van der Waals surface area (Å²) in [5, 5.41) is 29.5. The Labute approximate surface area is 460 Å². The van der Waals surface area contributed by atoms with Crippen LogP contribution in [0.3, 0.4) is 0 Å². The van der Waals surface area contributed by atoms with Gasteiger partial charge in [-0.1, -0.05) is 35.3 Å². The summed E-state index contributed by atoms with van der Waals surface area (Å²) in [7, 11) is 1.34. The average Bonchev–Trinajstić information content (AvgIpc) is 1.52. The van der Waals surface area contributed by atoms with E-state index in [9.17, 15) is 19.5 Å². The lowest BCUT2D eigenvalue weighted by Crippen LogP contribution is -2.26. The van der Waals surface area contributed by atoms with Gasteiger partial charge in [0.2, 0.25) is 17.7 Å². The topological polar surface area (TPSA) is 316 Å². The molecule has 0 aliphatic rings. The zero-order valence-corrected chi connectivity index (χ0v) is 43.6. The van der Waals surface area contributed by atoms with Crippen LogP contribution in [0.5, 0.6) is 0 Å². The number of halogens is 2. The van der Waals surface area contributed by atoms with E-state index in [0.717, 1.165) is 19.6 Å². The fourth-order valence-corrected chi connectivity index (χ4v) is 9.33. The standard InChI is InChI=1S/C26H25ClN12O.C25H24ClN9O3/c1-5-39-35-23(34-36-39)21-18(6-7-19(27)33-21)32-14(3)16-8-13(2)9-17-22(16)38-12-31-20(24(38)37(4)25(17)40)15-10-29-26(28)30-11-15;1-12-7-15(13(2)31-17-5-6-18(26)32-21(17)33(3)25(37)38)20-16(8-12)23(36)34(4)22-19(30-11-35(20)22)14-9-28-24(27)29-10-14/h6-12,14,32H,5H2,1-4H3,(H2,28,29,30);5-11,13,31H,1-4H3,(H,37,38)(H2,27,28,29)/i2*4D3. The monoisotopic (exact) mass is 1100 g/mol. The molecule has 0 saturated heterocycles. The van der Waals surface area contributed by atoms with Gasteiger partial charge >= 0.3 is 6.09 Å². The van der Waals surface area contributed by atoms with Crippen LogP contribution in [0, 0.1) is 13.8 Å². The van der Waals surface area contributed by atoms with Crippen molar-refractivity contribution < 1.29 is 18.1 Å². The Kier molecular flexibility index (Phi) is 11.7. The lowest BCUT2D eigenvalue weighted by atomic mass is 10.0. The van der Waals surface area contributed by atoms with Crippen molar-refractivity contribution in [1.82, 2.24) is 78.0 Å². The molecular formula is C51H49Cl2N21O4. The van der Waals surface area contributed by atoms with Gasteiger partial charge in [-0.3, -0.25) is 32.4 Å². The highest BCUT2D eigenvalue weighted by molar-refractivity contribution is 6.30. The maximum absolute atomic E-state index is 14.0. The van der Waals surface area contributed by atoms with Crippen LogP contribution >= 0.6 is 23.2 Å². The fraction of sp³-hybridized carbons (Fsp3) is 0.216. The first-order valence-electron chi connectivity index (χ1n) is 26.6. The summed E-state index contributed by atoms with van der Waals surface area (Å²) in [6, 6.07) is 12.6. The number of amides is 1. The first-order chi connectivity index (χ1) is 39.7. The van der Waals surface area contributed by atoms with E-state index in [0.29, 0.717) is 68.3 Å². The number of nitrogens with zero attached hydrogens (tertiary/aromatic N) is 17. The Morgan fingerprint density at radius 1 is 0.718 bits per heavy atom. The van der Waals surface area contributed by atoms with Gasteiger partial charge in [0.25, 0.3) is 11.1 Å². The van der Waals surface area contributed by atoms with E-state index in [2.05, 4.69) is 65.9 Å². The van der Waals surface area contributed by atoms with Crippen molar-refractivity contribution in [3.8, 4) is 34.0 Å². The van der Waals surface area contributed by atoms with Gasteiger partial charge in [0, 0.05) is 65.1 Å². The van der Waals surface area contributed by atoms with Crippen molar-refractivity contribution in [2.45, 2.75) is 53.2 Å². The second-order valence-electron chi connectivity index (χ2n) is 17.9. The number of rotatable bonds is 11. The van der Waals surface area contributed by atoms with E-state index in [1.54, 1.807) is 46.1 Å². The first-order valence-corrected chi connectivity index (χ1v) is 24.4. The predicted molar refractivity (Wildman–Crippen MR) is 298 cm³/mol. The number of nitrogens with two attached hydrogens (primary N) is 2. The van der Waals surface area contributed by atoms with Gasteiger partial charge < -0.3 is 27.2 Å². The molecule has 0 aliphatic carbocycles. The van der Waals surface area contributed by atoms with Crippen molar-refractivity contribution in [1.29, 1.82) is 0 Å². The molecule has 9 heterocycles. The highest BCUT2D eigenvalue weighted by Gasteiger charge is 2.25. The molecule has 0 fully saturated rings. The number of hydrogen-bond acceptors (Lipinski definition) is 18. The third-order valence-electron chi connectivity index (χ3n) is 12.6. The number of fused-ring (bicyclic) bond motifs is 6. The second-order valence-corrected chi connectivity index (χ2v) is 18.7. The number of hydrogen-bond donors (Lipinski definition) is 5. The minimum Gasteiger partial charge on any atom is -0.465 e. The molecule has 78 heavy (non-hydrogen) atoms. The molecule has 0 bridgehead atoms. The number of carboxylic acid groups (broad SMARTS) is 1. The van der Waals surface area contributed by atoms with Crippen molar-refractivity contribution in [3.05, 3.63) is 139 Å². The number of benzene rings is 2. The van der Waals surface area contributed by atoms with E-state index in [1.165, 1.54) is 55.4 Å². The van der Waals surface area contributed by atoms with Crippen LogP contribution in [-0.4, -0.2) is 96.3 Å². The van der Waals surface area contributed by atoms with Gasteiger partial charge in [0.05, 0.1) is 51.8 Å². The number of aryl methyl sites for hydroxylation is 5. The molecule has 27 heteroatoms. The second kappa shape index (κ2) is 20.5. The fourth-order valence-electron chi connectivity index (χ4n) is 9.04. The summed E-state index contributed by atoms with van der Waals surface area (Å²) in [6.45, 7) is 4.13. The third kappa shape index (κ3) is 9.44. The zero-order chi connectivity index (χ0) is 60.4. The number of tetrazole rings is 1. The number of nitrogens with one attached hydrogen (secondary N) is 2. The number of anilines is 5. The molecule has 0 saturated carbocycles. The largest absolute Gasteiger partial charge is 0.465 e. The van der Waals surface area contributed by atoms with Crippen LogP contribution < -0.4 is 38.1 Å². The molecule has 1 amide bonds. The third-order valence-corrected chi connectivity index (χ3v) is 13.1. The molecule has 396 valence electrons. The maximum atomic E-state index is 14.0. The lowest BCUT2D eigenvalue weighted by molar-refractivity contribution is 0.203. The highest BCUT2D eigenvalue weighted by atomic mass is 35.5. The van der Waals surface area contributed by atoms with Crippen molar-refractivity contribution in [2.75, 3.05) is 34.0 Å². The Hall–Kier alpha value is -9.62. The van der Waals surface area contributed by atoms with Gasteiger partial charge in [-0.05, 0) is 98.5 Å². The van der Waals surface area contributed by atoms with Gasteiger partial charge in [-0.15, -0.1) is 10.2 Å². The summed E-state index contributed by atoms with van der Waals surface area (Å²) in [5.74, 6) is 0.448. The number of aromatic nitrogens is 16. The van der Waals surface area contributed by atoms with Gasteiger partial charge in [0.15, 0.2) is 5.82 Å². The van der Waals surface area contributed by atoms with Crippen LogP contribution in [0.2, 0.25) is 10.3 Å². The molecule has 0 radical (unpaired) electrons. The average molecular weight is 1100 g/mol. The molecule has 7 N–H and O–H groups in total. The quantitative estimate of drug-likeness (QED) is 0.0793. The molecule has 11 rings (SSSR count). The molecule has 25 nitrogen and oxygen atoms in total. The minimum atomic E-state index is -2.84. The van der Waals surface area contributed by atoms with Crippen LogP contribution in [0.1, 0.15) is 63.3 Å². The summed E-state index contributed by atoms with van der Waals surface area (Å²) in [5.41, 5.74) is 16.2. The Morgan fingerprint density at radius 3 is 1.65 bits per heavy atom. The van der Waals surface area contributed by atoms with Gasteiger partial charge in [-0.25, -0.2) is 44.7 Å². The van der Waals surface area contributed by atoms with Crippen LogP contribution in [0.25, 0.3) is 67.1 Å². The number of nitrogen functional groups attached to an aromatic ring is 2. The summed E-state index contributed by atoms with van der Waals surface area (Å²) < 4.78 is 53.9. The molecule has 11 aromatic rings. The Balaban J connectivity index is 0.000000187. The predicted octanol–water partition coefficient (Wildman–Crippen LogP) is 7.30. The Bertz CT molecular complexity index is 4530. The van der Waals surface area contributed by atoms with Crippen LogP contribution in [0.4, 0.5) is 33.9 Å². The number of pyridine rings is 2. The van der Waals surface area contributed by atoms with Gasteiger partial charge in [0.1, 0.15) is 51.3 Å². The number of imidazole rings is 2. The minimum absolute atomic E-state index is 0.0210. The molecular weight excluding hydrogens is 1040 g/mol. The highest BCUT2D eigenvalue weighted by Crippen LogP contribution is 2.36. The van der Waals surface area contributed by atoms with E-state index >= 15 is 0 Å². The first kappa shape index (κ1) is 44.7. The Morgan fingerprint density at radius 2 is 1.19 bits per heavy atom. The van der Waals surface area contributed by atoms with E-state index in [-0.39, 0.29) is 61.5 Å². The molecule has 0 aliphatic heterocycles. The number of carbonyl (C=O) groups is 1. The summed E-state index contributed by atoms with van der Waals surface area (Å²) in [6.07, 6.45) is 7.35. The zero-order valence-electron chi connectivity index (χ0n) is 48.1. The van der Waals surface area contributed by atoms with Crippen molar-refractivity contribution >= 4 is 91.5 Å². The van der Waals surface area contributed by atoms with Crippen LogP contribution in [0.15, 0.2) is 95.6 Å². The lowest BCUT2D eigenvalue weighted by Gasteiger charge is -2.23. The molecule has 0 spiro atoms. The van der Waals surface area contributed by atoms with Gasteiger partial charge in [-0.2, -0.15) is 4.80 Å². The normalized spacial score (nSPS) is 13.7. The maximum Gasteiger partial charge on any atom is 0.412 e. The SMILES string of the molecule is [2H]C([2H])([2H])n1c(=O)c2cc(C)cc(C(C)Nc3ccc(Cl)nc3-c3nnn(CC)n3)c2n2cnc(-c3cnc(N)nc3)c12.[2H]C([2H])([2H])n1c(=O)c2cc(C)cc(C(C)Nc3ccc(Cl)nc3N(C)C(=O)O)c2n2cnc(-c3cnc(N)nc3)c12. The van der Waals surface area contributed by atoms with Crippen LogP contribution in [-0.2, 0) is 20.5 Å². The molecule has 2 unspecified atom stereocenters. The van der Waals surface area contributed by atoms with Crippen molar-refractivity contribution in [3.63, 3.8) is 0 Å². The molecule has 9 aromatic heterocycles. The molecule has 2 atom stereocenters. The van der Waals surface area contributed by atoms with E-state index < -0.39 is 43.2 Å². The van der Waals surface area contributed by atoms with E-state index in [1.807, 2.05) is 39.8 Å². The van der Waals surface area contributed by atoms with Crippen molar-refractivity contribution in [2.24, 2.45) is 14.0 Å².